The third-order valence-corrected chi connectivity index (χ3v) is 3.87. The Morgan fingerprint density at radius 2 is 2.00 bits per heavy atom. The fourth-order valence-electron chi connectivity index (χ4n) is 1.87. The fourth-order valence-corrected chi connectivity index (χ4v) is 2.65. The van der Waals surface area contributed by atoms with Crippen LogP contribution in [0.3, 0.4) is 0 Å². The molecule has 2 aromatic rings. The normalized spacial score (nSPS) is 12.3. The second-order valence-corrected chi connectivity index (χ2v) is 5.62. The zero-order valence-corrected chi connectivity index (χ0v) is 11.5. The van der Waals surface area contributed by atoms with E-state index in [2.05, 4.69) is 24.4 Å². The maximum atomic E-state index is 10.6. The van der Waals surface area contributed by atoms with Gasteiger partial charge in [0.1, 0.15) is 0 Å². The van der Waals surface area contributed by atoms with Crippen molar-refractivity contribution >= 4 is 16.3 Å². The molecular formula is C14H16N2O2S. The van der Waals surface area contributed by atoms with Gasteiger partial charge in [0.2, 0.25) is 0 Å². The Hall–Kier alpha value is -1.72. The number of benzene rings is 1. The first kappa shape index (κ1) is 13.7. The maximum absolute atomic E-state index is 10.6. The molecule has 1 aromatic heterocycles. The number of hydrogen-bond donors (Lipinski definition) is 1. The highest BCUT2D eigenvalue weighted by Gasteiger charge is 2.10. The Labute approximate surface area is 116 Å². The van der Waals surface area contributed by atoms with Crippen LogP contribution in [0.2, 0.25) is 0 Å². The molecular weight excluding hydrogens is 260 g/mol. The predicted molar refractivity (Wildman–Crippen MR) is 77.4 cm³/mol. The lowest BCUT2D eigenvalue weighted by molar-refractivity contribution is -0.380. The Kier molecular flexibility index (Phi) is 4.65. The lowest BCUT2D eigenvalue weighted by Crippen LogP contribution is -2.27. The van der Waals surface area contributed by atoms with Crippen LogP contribution in [0.5, 0.6) is 0 Å². The molecule has 0 saturated heterocycles. The number of nitrogens with zero attached hydrogens (tertiary/aromatic N) is 1. The lowest BCUT2D eigenvalue weighted by Gasteiger charge is -2.12. The highest BCUT2D eigenvalue weighted by Crippen LogP contribution is 2.23. The minimum absolute atomic E-state index is 0.201. The van der Waals surface area contributed by atoms with E-state index >= 15 is 0 Å². The average Bonchev–Trinajstić information content (AvgIpc) is 2.86. The van der Waals surface area contributed by atoms with E-state index < -0.39 is 0 Å². The van der Waals surface area contributed by atoms with Gasteiger partial charge in [0.15, 0.2) is 0 Å². The minimum Gasteiger partial charge on any atom is -0.309 e. The molecule has 4 nitrogen and oxygen atoms in total. The molecule has 0 aliphatic heterocycles. The summed E-state index contributed by atoms with van der Waals surface area (Å²) >= 11 is 1.23. The van der Waals surface area contributed by atoms with Gasteiger partial charge in [0, 0.05) is 23.5 Å². The van der Waals surface area contributed by atoms with E-state index in [0.29, 0.717) is 12.6 Å². The van der Waals surface area contributed by atoms with E-state index in [1.165, 1.54) is 16.9 Å². The zero-order chi connectivity index (χ0) is 13.7. The number of hydrogen-bond acceptors (Lipinski definition) is 4. The first-order chi connectivity index (χ1) is 9.15. The molecule has 19 heavy (non-hydrogen) atoms. The van der Waals surface area contributed by atoms with Crippen LogP contribution >= 0.6 is 11.3 Å². The molecule has 0 aliphatic carbocycles. The van der Waals surface area contributed by atoms with Crippen molar-refractivity contribution < 1.29 is 4.92 Å². The molecule has 1 heterocycles. The Morgan fingerprint density at radius 1 is 1.26 bits per heavy atom. The molecule has 1 atom stereocenters. The second-order valence-electron chi connectivity index (χ2n) is 4.47. The number of nitrogens with one attached hydrogen (secondary N) is 1. The van der Waals surface area contributed by atoms with Gasteiger partial charge >= 0.3 is 5.00 Å². The van der Waals surface area contributed by atoms with Gasteiger partial charge in [0.05, 0.1) is 4.92 Å². The standard InChI is InChI=1S/C14H16N2O2S/c1-11(9-12-5-3-2-4-6-12)15-10-13-7-8-14(19-13)16(17)18/h2-8,11,15H,9-10H2,1H3. The highest BCUT2D eigenvalue weighted by molar-refractivity contribution is 7.15. The Balaban J connectivity index is 1.83. The average molecular weight is 276 g/mol. The van der Waals surface area contributed by atoms with Gasteiger partial charge in [-0.15, -0.1) is 0 Å². The molecule has 0 saturated carbocycles. The predicted octanol–water partition coefficient (Wildman–Crippen LogP) is 3.38. The van der Waals surface area contributed by atoms with Crippen LogP contribution in [-0.4, -0.2) is 11.0 Å². The number of thiophene rings is 1. The van der Waals surface area contributed by atoms with E-state index in [-0.39, 0.29) is 9.92 Å². The van der Waals surface area contributed by atoms with Crippen LogP contribution in [0.1, 0.15) is 17.4 Å². The van der Waals surface area contributed by atoms with Crippen molar-refractivity contribution in [2.24, 2.45) is 0 Å². The summed E-state index contributed by atoms with van der Waals surface area (Å²) in [5.74, 6) is 0. The summed E-state index contributed by atoms with van der Waals surface area (Å²) < 4.78 is 0. The van der Waals surface area contributed by atoms with Crippen molar-refractivity contribution in [3.05, 3.63) is 63.0 Å². The largest absolute Gasteiger partial charge is 0.324 e. The van der Waals surface area contributed by atoms with Crippen LogP contribution in [0, 0.1) is 10.1 Å². The van der Waals surface area contributed by atoms with Crippen molar-refractivity contribution in [3.8, 4) is 0 Å². The molecule has 0 fully saturated rings. The van der Waals surface area contributed by atoms with Crippen LogP contribution in [-0.2, 0) is 13.0 Å². The molecule has 0 aliphatic rings. The summed E-state index contributed by atoms with van der Waals surface area (Å²) in [7, 11) is 0. The van der Waals surface area contributed by atoms with Crippen molar-refractivity contribution in [1.29, 1.82) is 0 Å². The highest BCUT2D eigenvalue weighted by atomic mass is 32.1. The molecule has 1 unspecified atom stereocenters. The quantitative estimate of drug-likeness (QED) is 0.650. The van der Waals surface area contributed by atoms with Crippen LogP contribution < -0.4 is 5.32 Å². The molecule has 100 valence electrons. The van der Waals surface area contributed by atoms with Gasteiger partial charge in [-0.25, -0.2) is 0 Å². The third kappa shape index (κ3) is 4.15. The lowest BCUT2D eigenvalue weighted by atomic mass is 10.1. The SMILES string of the molecule is CC(Cc1ccccc1)NCc1ccc([N+](=O)[O-])s1. The molecule has 2 rings (SSSR count). The first-order valence-corrected chi connectivity index (χ1v) is 6.97. The number of nitro groups is 1. The summed E-state index contributed by atoms with van der Waals surface area (Å²) in [6, 6.07) is 14.0. The number of rotatable bonds is 6. The summed E-state index contributed by atoms with van der Waals surface area (Å²) in [5, 5.41) is 14.2. The van der Waals surface area contributed by atoms with Crippen molar-refractivity contribution in [2.75, 3.05) is 0 Å². The zero-order valence-electron chi connectivity index (χ0n) is 10.7. The van der Waals surface area contributed by atoms with Gasteiger partial charge in [0.25, 0.3) is 0 Å². The second kappa shape index (κ2) is 6.45. The minimum atomic E-state index is -0.346. The summed E-state index contributed by atoms with van der Waals surface area (Å²) in [6.45, 7) is 2.79. The molecule has 0 bridgehead atoms. The van der Waals surface area contributed by atoms with Crippen LogP contribution in [0.25, 0.3) is 0 Å². The molecule has 1 aromatic carbocycles. The molecule has 5 heteroatoms. The van der Waals surface area contributed by atoms with E-state index in [1.54, 1.807) is 6.07 Å². The van der Waals surface area contributed by atoms with Gasteiger partial charge in [-0.2, -0.15) is 0 Å². The third-order valence-electron chi connectivity index (χ3n) is 2.84. The summed E-state index contributed by atoms with van der Waals surface area (Å²) in [5.41, 5.74) is 1.29. The topological polar surface area (TPSA) is 55.2 Å². The maximum Gasteiger partial charge on any atom is 0.324 e. The first-order valence-electron chi connectivity index (χ1n) is 6.15. The summed E-state index contributed by atoms with van der Waals surface area (Å²) in [4.78, 5) is 11.2. The van der Waals surface area contributed by atoms with Crippen molar-refractivity contribution in [2.45, 2.75) is 25.9 Å². The summed E-state index contributed by atoms with van der Waals surface area (Å²) in [6.07, 6.45) is 0.953. The van der Waals surface area contributed by atoms with Gasteiger partial charge < -0.3 is 5.32 Å². The molecule has 0 radical (unpaired) electrons. The van der Waals surface area contributed by atoms with Gasteiger partial charge in [-0.05, 0) is 25.0 Å². The van der Waals surface area contributed by atoms with Crippen molar-refractivity contribution in [1.82, 2.24) is 5.32 Å². The van der Waals surface area contributed by atoms with E-state index in [4.69, 9.17) is 0 Å². The van der Waals surface area contributed by atoms with Crippen LogP contribution in [0.4, 0.5) is 5.00 Å². The van der Waals surface area contributed by atoms with E-state index in [0.717, 1.165) is 11.3 Å². The smallest absolute Gasteiger partial charge is 0.309 e. The molecule has 1 N–H and O–H groups in total. The monoisotopic (exact) mass is 276 g/mol. The molecule has 0 amide bonds. The van der Waals surface area contributed by atoms with E-state index in [1.807, 2.05) is 24.3 Å². The Bertz CT molecular complexity index is 539. The Morgan fingerprint density at radius 3 is 2.63 bits per heavy atom. The molecule has 0 spiro atoms. The van der Waals surface area contributed by atoms with Crippen LogP contribution in [0.15, 0.2) is 42.5 Å². The van der Waals surface area contributed by atoms with E-state index in [9.17, 15) is 10.1 Å². The van der Waals surface area contributed by atoms with Crippen molar-refractivity contribution in [3.63, 3.8) is 0 Å². The fraction of sp³-hybridized carbons (Fsp3) is 0.286. The van der Waals surface area contributed by atoms with Gasteiger partial charge in [-0.3, -0.25) is 10.1 Å². The van der Waals surface area contributed by atoms with Gasteiger partial charge in [-0.1, -0.05) is 41.7 Å².